The van der Waals surface area contributed by atoms with Crippen molar-refractivity contribution in [2.24, 2.45) is 0 Å². The maximum atomic E-state index is 13.2. The number of nitrogens with zero attached hydrogens (tertiary/aromatic N) is 2. The highest BCUT2D eigenvalue weighted by Crippen LogP contribution is 2.31. The summed E-state index contributed by atoms with van der Waals surface area (Å²) in [6.07, 6.45) is 5.13. The van der Waals surface area contributed by atoms with E-state index in [0.29, 0.717) is 5.56 Å². The molecular formula is C21H19FN2O. The number of carbonyl (C=O) groups is 1. The number of benzene rings is 2. The number of hydrogen-bond donors (Lipinski definition) is 0. The first kappa shape index (κ1) is 15.8. The van der Waals surface area contributed by atoms with Crippen molar-refractivity contribution < 1.29 is 9.18 Å². The van der Waals surface area contributed by atoms with E-state index in [0.717, 1.165) is 36.0 Å². The van der Waals surface area contributed by atoms with Crippen molar-refractivity contribution >= 4 is 22.4 Å². The van der Waals surface area contributed by atoms with Gasteiger partial charge in [-0.2, -0.15) is 0 Å². The van der Waals surface area contributed by atoms with Gasteiger partial charge in [-0.25, -0.2) is 4.39 Å². The summed E-state index contributed by atoms with van der Waals surface area (Å²) in [5.41, 5.74) is 3.75. The van der Waals surface area contributed by atoms with Crippen LogP contribution in [0.5, 0.6) is 0 Å². The van der Waals surface area contributed by atoms with Crippen LogP contribution in [0.2, 0.25) is 0 Å². The smallest absolute Gasteiger partial charge is 0.262 e. The molecule has 126 valence electrons. The molecular weight excluding hydrogens is 315 g/mol. The molecule has 0 fully saturated rings. The molecule has 0 aliphatic carbocycles. The lowest BCUT2D eigenvalue weighted by atomic mass is 9.99. The Morgan fingerprint density at radius 3 is 2.56 bits per heavy atom. The topological polar surface area (TPSA) is 25.2 Å². The second kappa shape index (κ2) is 6.30. The van der Waals surface area contributed by atoms with Gasteiger partial charge < -0.3 is 4.90 Å². The van der Waals surface area contributed by atoms with E-state index in [4.69, 9.17) is 0 Å². The lowest BCUT2D eigenvalue weighted by molar-refractivity contribution is 0.0965. The average molecular weight is 334 g/mol. The molecule has 0 amide bonds. The van der Waals surface area contributed by atoms with Crippen molar-refractivity contribution in [1.82, 2.24) is 9.47 Å². The van der Waals surface area contributed by atoms with E-state index in [2.05, 4.69) is 24.1 Å². The number of para-hydroxylation sites is 1. The molecule has 3 nitrogen and oxygen atoms in total. The number of hydrogen-bond acceptors (Lipinski definition) is 2. The summed E-state index contributed by atoms with van der Waals surface area (Å²) in [4.78, 5) is 15.2. The Bertz CT molecular complexity index is 969. The molecule has 4 heteroatoms. The van der Waals surface area contributed by atoms with Crippen LogP contribution in [-0.4, -0.2) is 35.5 Å². The maximum Gasteiger partial charge on any atom is 0.262 e. The highest BCUT2D eigenvalue weighted by molar-refractivity contribution is 6.05. The fourth-order valence-electron chi connectivity index (χ4n) is 3.35. The van der Waals surface area contributed by atoms with Crippen molar-refractivity contribution in [3.8, 4) is 0 Å². The Kier molecular flexibility index (Phi) is 3.98. The lowest BCUT2D eigenvalue weighted by Gasteiger charge is -2.21. The molecule has 1 aromatic heterocycles. The summed E-state index contributed by atoms with van der Waals surface area (Å²) in [7, 11) is 2.11. The molecule has 0 saturated heterocycles. The number of carbonyl (C=O) groups excluding carboxylic acids is 1. The van der Waals surface area contributed by atoms with Crippen LogP contribution in [0.1, 0.15) is 22.3 Å². The van der Waals surface area contributed by atoms with E-state index in [1.807, 2.05) is 24.4 Å². The predicted molar refractivity (Wildman–Crippen MR) is 98.2 cm³/mol. The molecule has 4 rings (SSSR count). The first-order valence-corrected chi connectivity index (χ1v) is 8.42. The van der Waals surface area contributed by atoms with E-state index in [1.165, 1.54) is 29.8 Å². The zero-order chi connectivity index (χ0) is 17.4. The van der Waals surface area contributed by atoms with Gasteiger partial charge in [0.05, 0.1) is 5.52 Å². The molecule has 0 spiro atoms. The maximum absolute atomic E-state index is 13.2. The third kappa shape index (κ3) is 2.89. The quantitative estimate of drug-likeness (QED) is 0.702. The minimum absolute atomic E-state index is 0.143. The van der Waals surface area contributed by atoms with Crippen molar-refractivity contribution in [3.05, 3.63) is 77.7 Å². The van der Waals surface area contributed by atoms with Crippen molar-refractivity contribution in [1.29, 1.82) is 0 Å². The Morgan fingerprint density at radius 1 is 1.08 bits per heavy atom. The van der Waals surface area contributed by atoms with Crippen LogP contribution in [-0.2, 0) is 0 Å². The molecule has 0 radical (unpaired) electrons. The predicted octanol–water partition coefficient (Wildman–Crippen LogP) is 4.19. The Balaban J connectivity index is 1.82. The fraction of sp³-hybridized carbons (Fsp3) is 0.190. The SMILES string of the molecule is CN1CC=C(c2cn(C(=O)c3ccc(F)cc3)c3ccccc23)CC1. The lowest BCUT2D eigenvalue weighted by Crippen LogP contribution is -2.23. The monoisotopic (exact) mass is 334 g/mol. The Labute approximate surface area is 146 Å². The molecule has 2 aromatic carbocycles. The van der Waals surface area contributed by atoms with Crippen LogP contribution in [0.3, 0.4) is 0 Å². The summed E-state index contributed by atoms with van der Waals surface area (Å²) in [5.74, 6) is -0.484. The summed E-state index contributed by atoms with van der Waals surface area (Å²) in [6.45, 7) is 1.93. The molecule has 0 atom stereocenters. The molecule has 0 N–H and O–H groups in total. The van der Waals surface area contributed by atoms with Gasteiger partial charge in [-0.3, -0.25) is 9.36 Å². The number of rotatable bonds is 2. The minimum atomic E-state index is -0.342. The van der Waals surface area contributed by atoms with Gasteiger partial charge in [0.25, 0.3) is 5.91 Å². The first-order valence-electron chi connectivity index (χ1n) is 8.42. The van der Waals surface area contributed by atoms with Gasteiger partial charge in [-0.15, -0.1) is 0 Å². The fourth-order valence-corrected chi connectivity index (χ4v) is 3.35. The van der Waals surface area contributed by atoms with Crippen molar-refractivity contribution in [3.63, 3.8) is 0 Å². The van der Waals surface area contributed by atoms with Gasteiger partial charge in [0, 0.05) is 35.8 Å². The Hall–Kier alpha value is -2.72. The summed E-state index contributed by atoms with van der Waals surface area (Å²) >= 11 is 0. The number of halogens is 1. The van der Waals surface area contributed by atoms with Crippen LogP contribution in [0, 0.1) is 5.82 Å². The summed E-state index contributed by atoms with van der Waals surface area (Å²) < 4.78 is 14.8. The summed E-state index contributed by atoms with van der Waals surface area (Å²) in [5, 5.41) is 1.08. The van der Waals surface area contributed by atoms with E-state index in [-0.39, 0.29) is 11.7 Å². The molecule has 1 aliphatic heterocycles. The molecule has 3 aromatic rings. The highest BCUT2D eigenvalue weighted by Gasteiger charge is 2.18. The van der Waals surface area contributed by atoms with Crippen LogP contribution >= 0.6 is 0 Å². The van der Waals surface area contributed by atoms with Gasteiger partial charge >= 0.3 is 0 Å². The third-order valence-electron chi connectivity index (χ3n) is 4.78. The molecule has 2 heterocycles. The van der Waals surface area contributed by atoms with E-state index in [9.17, 15) is 9.18 Å². The largest absolute Gasteiger partial charge is 0.302 e. The van der Waals surface area contributed by atoms with E-state index < -0.39 is 0 Å². The standard InChI is InChI=1S/C21H19FN2O/c1-23-12-10-15(11-13-23)19-14-24(20-5-3-2-4-18(19)20)21(25)16-6-8-17(22)9-7-16/h2-10,14H,11-13H2,1H3. The third-order valence-corrected chi connectivity index (χ3v) is 4.78. The van der Waals surface area contributed by atoms with Gasteiger partial charge in [0.15, 0.2) is 0 Å². The second-order valence-corrected chi connectivity index (χ2v) is 6.48. The first-order chi connectivity index (χ1) is 12.1. The van der Waals surface area contributed by atoms with Crippen molar-refractivity contribution in [2.45, 2.75) is 6.42 Å². The molecule has 0 bridgehead atoms. The van der Waals surface area contributed by atoms with Crippen molar-refractivity contribution in [2.75, 3.05) is 20.1 Å². The molecule has 0 unspecified atom stereocenters. The number of fused-ring (bicyclic) bond motifs is 1. The Morgan fingerprint density at radius 2 is 1.84 bits per heavy atom. The second-order valence-electron chi connectivity index (χ2n) is 6.48. The molecule has 1 aliphatic rings. The summed E-state index contributed by atoms with van der Waals surface area (Å²) in [6, 6.07) is 13.6. The van der Waals surface area contributed by atoms with Crippen LogP contribution in [0.15, 0.2) is 60.8 Å². The van der Waals surface area contributed by atoms with E-state index >= 15 is 0 Å². The molecule has 0 saturated carbocycles. The van der Waals surface area contributed by atoms with E-state index in [1.54, 1.807) is 4.57 Å². The van der Waals surface area contributed by atoms with Crippen LogP contribution < -0.4 is 0 Å². The zero-order valence-electron chi connectivity index (χ0n) is 14.1. The van der Waals surface area contributed by atoms with Gasteiger partial charge in [0.1, 0.15) is 5.82 Å². The zero-order valence-corrected chi connectivity index (χ0v) is 14.1. The van der Waals surface area contributed by atoms with Gasteiger partial charge in [-0.05, 0) is 49.4 Å². The van der Waals surface area contributed by atoms with Crippen LogP contribution in [0.4, 0.5) is 4.39 Å². The van der Waals surface area contributed by atoms with Crippen LogP contribution in [0.25, 0.3) is 16.5 Å². The number of aromatic nitrogens is 1. The van der Waals surface area contributed by atoms with Gasteiger partial charge in [-0.1, -0.05) is 24.3 Å². The number of likely N-dealkylation sites (N-methyl/N-ethyl adjacent to an activating group) is 1. The minimum Gasteiger partial charge on any atom is -0.302 e. The normalized spacial score (nSPS) is 15.4. The van der Waals surface area contributed by atoms with Gasteiger partial charge in [0.2, 0.25) is 0 Å². The highest BCUT2D eigenvalue weighted by atomic mass is 19.1. The molecule has 25 heavy (non-hydrogen) atoms. The average Bonchev–Trinajstić information content (AvgIpc) is 3.02.